The van der Waals surface area contributed by atoms with Crippen molar-refractivity contribution < 1.29 is 4.79 Å². The zero-order valence-corrected chi connectivity index (χ0v) is 14.7. The molecule has 1 aromatic carbocycles. The predicted octanol–water partition coefficient (Wildman–Crippen LogP) is 3.81. The maximum absolute atomic E-state index is 12.5. The fourth-order valence-corrected chi connectivity index (χ4v) is 2.48. The highest BCUT2D eigenvalue weighted by atomic mass is 35.5. The van der Waals surface area contributed by atoms with Crippen LogP contribution in [0.4, 0.5) is 5.69 Å². The minimum Gasteiger partial charge on any atom is -0.324 e. The topological polar surface area (TPSA) is 45.2 Å². The zero-order chi connectivity index (χ0) is 17.0. The van der Waals surface area contributed by atoms with E-state index in [1.165, 1.54) is 0 Å². The van der Waals surface area contributed by atoms with E-state index in [1.807, 2.05) is 57.0 Å². The van der Waals surface area contributed by atoms with Crippen molar-refractivity contribution >= 4 is 23.2 Å². The number of hydrogen-bond acceptors (Lipinski definition) is 3. The van der Waals surface area contributed by atoms with Crippen molar-refractivity contribution in [2.75, 3.05) is 12.4 Å². The Bertz CT molecular complexity index is 665. The van der Waals surface area contributed by atoms with E-state index < -0.39 is 0 Å². The lowest BCUT2D eigenvalue weighted by molar-refractivity contribution is -0.120. The first kappa shape index (κ1) is 17.4. The number of rotatable bonds is 5. The third-order valence-electron chi connectivity index (χ3n) is 3.99. The Labute approximate surface area is 142 Å². The first-order chi connectivity index (χ1) is 10.9. The van der Waals surface area contributed by atoms with E-state index in [0.717, 1.165) is 22.4 Å². The molecule has 0 aliphatic rings. The van der Waals surface area contributed by atoms with Crippen LogP contribution in [0.25, 0.3) is 0 Å². The highest BCUT2D eigenvalue weighted by Crippen LogP contribution is 2.20. The lowest BCUT2D eigenvalue weighted by Crippen LogP contribution is -2.39. The molecule has 0 spiro atoms. The number of para-hydroxylation sites is 1. The van der Waals surface area contributed by atoms with Gasteiger partial charge >= 0.3 is 0 Å². The van der Waals surface area contributed by atoms with E-state index in [1.54, 1.807) is 12.3 Å². The number of carbonyl (C=O) groups is 1. The smallest absolute Gasteiger partial charge is 0.241 e. The van der Waals surface area contributed by atoms with Crippen LogP contribution in [0, 0.1) is 13.8 Å². The summed E-state index contributed by atoms with van der Waals surface area (Å²) in [5.74, 6) is -0.0215. The van der Waals surface area contributed by atoms with Gasteiger partial charge in [-0.3, -0.25) is 9.69 Å². The molecule has 1 N–H and O–H groups in total. The van der Waals surface area contributed by atoms with Gasteiger partial charge in [0.25, 0.3) is 0 Å². The summed E-state index contributed by atoms with van der Waals surface area (Å²) in [6, 6.07) is 9.40. The van der Waals surface area contributed by atoms with Crippen LogP contribution in [-0.2, 0) is 11.3 Å². The molecule has 0 fully saturated rings. The van der Waals surface area contributed by atoms with Crippen LogP contribution in [0.5, 0.6) is 0 Å². The number of aromatic nitrogens is 1. The van der Waals surface area contributed by atoms with E-state index in [-0.39, 0.29) is 11.9 Å². The van der Waals surface area contributed by atoms with Crippen LogP contribution < -0.4 is 5.32 Å². The predicted molar refractivity (Wildman–Crippen MR) is 94.7 cm³/mol. The number of aryl methyl sites for hydroxylation is 2. The quantitative estimate of drug-likeness (QED) is 0.847. The third-order valence-corrected chi connectivity index (χ3v) is 4.21. The van der Waals surface area contributed by atoms with E-state index in [2.05, 4.69) is 10.3 Å². The minimum absolute atomic E-state index is 0.0215. The Hall–Kier alpha value is -1.91. The number of likely N-dealkylation sites (N-methyl/N-ethyl adjacent to an activating group) is 1. The highest BCUT2D eigenvalue weighted by molar-refractivity contribution is 6.29. The Balaban J connectivity index is 2.02. The number of carbonyl (C=O) groups excluding carboxylic acids is 1. The molecule has 0 bridgehead atoms. The summed E-state index contributed by atoms with van der Waals surface area (Å²) >= 11 is 5.79. The standard InChI is InChI=1S/C18H22ClN3O/c1-12-6-5-7-13(2)17(12)21-18(23)14(3)22(4)11-15-8-9-16(19)20-10-15/h5-10,14H,11H2,1-4H3,(H,21,23). The second-order valence-corrected chi connectivity index (χ2v) is 6.22. The number of hydrogen-bond donors (Lipinski definition) is 1. The SMILES string of the molecule is Cc1cccc(C)c1NC(=O)C(C)N(C)Cc1ccc(Cl)nc1. The van der Waals surface area contributed by atoms with Gasteiger partial charge in [-0.2, -0.15) is 0 Å². The van der Waals surface area contributed by atoms with Gasteiger partial charge in [0.1, 0.15) is 5.15 Å². The Morgan fingerprint density at radius 2 is 1.91 bits per heavy atom. The summed E-state index contributed by atoms with van der Waals surface area (Å²) in [6.07, 6.45) is 1.73. The molecule has 23 heavy (non-hydrogen) atoms. The van der Waals surface area contributed by atoms with Gasteiger partial charge in [0.15, 0.2) is 0 Å². The summed E-state index contributed by atoms with van der Waals surface area (Å²) < 4.78 is 0. The normalized spacial score (nSPS) is 12.3. The largest absolute Gasteiger partial charge is 0.324 e. The molecule has 0 aliphatic heterocycles. The number of anilines is 1. The molecule has 0 aliphatic carbocycles. The monoisotopic (exact) mass is 331 g/mol. The molecule has 0 radical (unpaired) electrons. The van der Waals surface area contributed by atoms with Gasteiger partial charge in [-0.05, 0) is 50.6 Å². The van der Waals surface area contributed by atoms with Crippen molar-refractivity contribution in [1.29, 1.82) is 0 Å². The molecule has 122 valence electrons. The molecule has 1 atom stereocenters. The Kier molecular flexibility index (Phi) is 5.74. The van der Waals surface area contributed by atoms with Crippen molar-refractivity contribution in [3.63, 3.8) is 0 Å². The van der Waals surface area contributed by atoms with Crippen LogP contribution >= 0.6 is 11.6 Å². The molecule has 4 nitrogen and oxygen atoms in total. The van der Waals surface area contributed by atoms with Gasteiger partial charge in [-0.15, -0.1) is 0 Å². The number of amides is 1. The summed E-state index contributed by atoms with van der Waals surface area (Å²) in [4.78, 5) is 18.6. The molecule has 2 rings (SSSR count). The molecule has 1 unspecified atom stereocenters. The molecule has 2 aromatic rings. The number of pyridine rings is 1. The minimum atomic E-state index is -0.260. The second-order valence-electron chi connectivity index (χ2n) is 5.84. The second kappa shape index (κ2) is 7.57. The summed E-state index contributed by atoms with van der Waals surface area (Å²) in [7, 11) is 1.92. The average Bonchev–Trinajstić information content (AvgIpc) is 2.52. The molecule has 5 heteroatoms. The van der Waals surface area contributed by atoms with Gasteiger partial charge in [0.2, 0.25) is 5.91 Å². The van der Waals surface area contributed by atoms with E-state index in [0.29, 0.717) is 11.7 Å². The molecule has 1 heterocycles. The van der Waals surface area contributed by atoms with Crippen LogP contribution in [0.15, 0.2) is 36.5 Å². The lowest BCUT2D eigenvalue weighted by atomic mass is 10.1. The van der Waals surface area contributed by atoms with Crippen molar-refractivity contribution in [3.05, 3.63) is 58.4 Å². The van der Waals surface area contributed by atoms with Crippen molar-refractivity contribution in [2.45, 2.75) is 33.4 Å². The maximum atomic E-state index is 12.5. The first-order valence-electron chi connectivity index (χ1n) is 7.56. The number of nitrogens with zero attached hydrogens (tertiary/aromatic N) is 2. The molecule has 1 aromatic heterocycles. The van der Waals surface area contributed by atoms with Crippen molar-refractivity contribution in [3.8, 4) is 0 Å². The van der Waals surface area contributed by atoms with E-state index >= 15 is 0 Å². The molecule has 1 amide bonds. The van der Waals surface area contributed by atoms with Gasteiger partial charge < -0.3 is 5.32 Å². The van der Waals surface area contributed by atoms with E-state index in [9.17, 15) is 4.79 Å². The maximum Gasteiger partial charge on any atom is 0.241 e. The van der Waals surface area contributed by atoms with Crippen molar-refractivity contribution in [2.24, 2.45) is 0 Å². The fourth-order valence-electron chi connectivity index (χ4n) is 2.36. The third kappa shape index (κ3) is 4.53. The van der Waals surface area contributed by atoms with Crippen LogP contribution in [0.3, 0.4) is 0 Å². The van der Waals surface area contributed by atoms with Gasteiger partial charge in [0.05, 0.1) is 6.04 Å². The fraction of sp³-hybridized carbons (Fsp3) is 0.333. The molecular weight excluding hydrogens is 310 g/mol. The Morgan fingerprint density at radius 3 is 2.48 bits per heavy atom. The number of halogens is 1. The first-order valence-corrected chi connectivity index (χ1v) is 7.94. The summed E-state index contributed by atoms with van der Waals surface area (Å²) in [5, 5.41) is 3.51. The average molecular weight is 332 g/mol. The molecular formula is C18H22ClN3O. The zero-order valence-electron chi connectivity index (χ0n) is 13.9. The van der Waals surface area contributed by atoms with Gasteiger partial charge in [0, 0.05) is 18.4 Å². The van der Waals surface area contributed by atoms with Crippen LogP contribution in [0.1, 0.15) is 23.6 Å². The molecule has 0 saturated heterocycles. The van der Waals surface area contributed by atoms with Crippen LogP contribution in [0.2, 0.25) is 5.15 Å². The lowest BCUT2D eigenvalue weighted by Gasteiger charge is -2.24. The summed E-state index contributed by atoms with van der Waals surface area (Å²) in [5.41, 5.74) is 4.04. The van der Waals surface area contributed by atoms with Gasteiger partial charge in [-0.25, -0.2) is 4.98 Å². The van der Waals surface area contributed by atoms with E-state index in [4.69, 9.17) is 11.6 Å². The van der Waals surface area contributed by atoms with Gasteiger partial charge in [-0.1, -0.05) is 35.9 Å². The summed E-state index contributed by atoms with van der Waals surface area (Å²) in [6.45, 7) is 6.52. The Morgan fingerprint density at radius 1 is 1.26 bits per heavy atom. The van der Waals surface area contributed by atoms with Crippen LogP contribution in [-0.4, -0.2) is 28.9 Å². The number of benzene rings is 1. The number of nitrogens with one attached hydrogen (secondary N) is 1. The highest BCUT2D eigenvalue weighted by Gasteiger charge is 2.19. The van der Waals surface area contributed by atoms with Crippen molar-refractivity contribution in [1.82, 2.24) is 9.88 Å². The molecule has 0 saturated carbocycles.